The average Bonchev–Trinajstić information content (AvgIpc) is 1.55. The Bertz CT molecular complexity index is 2730. The zero-order valence-electron chi connectivity index (χ0n) is 62.0. The average molecular weight is 1350 g/mol. The van der Waals surface area contributed by atoms with Crippen LogP contribution >= 0.6 is 0 Å². The number of carboxylic acid groups (broad SMARTS) is 1. The second-order valence-electron chi connectivity index (χ2n) is 35.5. The van der Waals surface area contributed by atoms with Gasteiger partial charge >= 0.3 is 5.97 Å². The van der Waals surface area contributed by atoms with Crippen LogP contribution < -0.4 is 0 Å². The fraction of sp³-hybridized carbons (Fsp3) is 0.873. The third kappa shape index (κ3) is 13.7. The molecule has 1 saturated heterocycles. The number of aldehydes is 3. The first-order valence-electron chi connectivity index (χ1n) is 37.7. The van der Waals surface area contributed by atoms with Gasteiger partial charge in [0.1, 0.15) is 42.6 Å². The van der Waals surface area contributed by atoms with Crippen LogP contribution in [0.3, 0.4) is 0 Å². The summed E-state index contributed by atoms with van der Waals surface area (Å²) in [6, 6.07) is 0. The van der Waals surface area contributed by atoms with Gasteiger partial charge in [0.05, 0.1) is 18.3 Å². The molecular formula is C79H132O15Si. The molecule has 10 aliphatic rings. The van der Waals surface area contributed by atoms with Gasteiger partial charge in [0, 0.05) is 60.1 Å². The maximum absolute atomic E-state index is 13.1. The number of allylic oxidation sites excluding steroid dienone is 5. The molecule has 0 aromatic heterocycles. The molecule has 0 amide bonds. The van der Waals surface area contributed by atoms with Gasteiger partial charge in [-0.25, -0.2) is 0 Å². The topological polar surface area (TPSA) is 247 Å². The quantitative estimate of drug-likeness (QED) is 0.0175. The van der Waals surface area contributed by atoms with E-state index in [1.165, 1.54) is 30.8 Å². The first kappa shape index (κ1) is 78.2. The summed E-state index contributed by atoms with van der Waals surface area (Å²) >= 11 is 0. The van der Waals surface area contributed by atoms with Crippen molar-refractivity contribution >= 4 is 33.1 Å². The van der Waals surface area contributed by atoms with Crippen LogP contribution in [0.4, 0.5) is 0 Å². The number of carbonyl (C=O) groups is 4. The molecule has 95 heavy (non-hydrogen) atoms. The fourth-order valence-corrected chi connectivity index (χ4v) is 24.4. The highest BCUT2D eigenvalue weighted by atomic mass is 28.4. The molecule has 1 aliphatic heterocycles. The lowest BCUT2D eigenvalue weighted by Gasteiger charge is -2.49. The molecule has 6 bridgehead atoms. The zero-order chi connectivity index (χ0) is 70.5. The SMILES string of the molecule is CC(C)C1=CC2C[C@@]1(C)[C@@](C=O)(C1CC(O)C(C)C1CCCCO)C2.CC(C)C1=CC2C[C@@]1(C)[C@@](C=O)(C1CC(O[Si](C)(C)C(C)(C)C)C(C)C1CCCCO)C2.COC1C(C)OC(OCCCCC2C(C)C(O)CC2[C@@]2(C=O)CC3C=C(C(C)C)[C@@]2(C(=O)O)C3)C(O)C1O. The van der Waals surface area contributed by atoms with E-state index in [0.717, 1.165) is 102 Å². The molecule has 9 aliphatic carbocycles. The van der Waals surface area contributed by atoms with Crippen LogP contribution in [0.5, 0.6) is 0 Å². The van der Waals surface area contributed by atoms with Crippen LogP contribution in [0.1, 0.15) is 219 Å². The van der Waals surface area contributed by atoms with Crippen molar-refractivity contribution in [2.45, 2.75) is 287 Å². The van der Waals surface area contributed by atoms with Gasteiger partial charge < -0.3 is 68.8 Å². The van der Waals surface area contributed by atoms with Gasteiger partial charge in [0.2, 0.25) is 0 Å². The molecule has 15 nitrogen and oxygen atoms in total. The minimum Gasteiger partial charge on any atom is -0.481 e. The van der Waals surface area contributed by atoms with E-state index in [4.69, 9.17) is 23.7 Å². The van der Waals surface area contributed by atoms with E-state index < -0.39 is 61.9 Å². The number of unbranched alkanes of at least 4 members (excludes halogenated alkanes) is 3. The molecule has 10 rings (SSSR count). The van der Waals surface area contributed by atoms with E-state index >= 15 is 0 Å². The van der Waals surface area contributed by atoms with Gasteiger partial charge in [-0.15, -0.1) is 0 Å². The van der Waals surface area contributed by atoms with Gasteiger partial charge in [-0.2, -0.15) is 0 Å². The third-order valence-electron chi connectivity index (χ3n) is 28.7. The largest absolute Gasteiger partial charge is 0.481 e. The van der Waals surface area contributed by atoms with Crippen molar-refractivity contribution in [3.05, 3.63) is 34.9 Å². The summed E-state index contributed by atoms with van der Waals surface area (Å²) in [5, 5.41) is 71.5. The molecule has 0 aromatic rings. The molecule has 7 N–H and O–H groups in total. The predicted molar refractivity (Wildman–Crippen MR) is 374 cm³/mol. The molecule has 1 heterocycles. The Morgan fingerprint density at radius 3 is 1.42 bits per heavy atom. The lowest BCUT2D eigenvalue weighted by molar-refractivity contribution is -0.296. The third-order valence-corrected chi connectivity index (χ3v) is 33.2. The molecule has 0 spiro atoms. The molecule has 26 atom stereocenters. The van der Waals surface area contributed by atoms with Crippen LogP contribution in [-0.2, 0) is 37.8 Å². The molecule has 0 aromatic carbocycles. The Morgan fingerprint density at radius 2 is 1.01 bits per heavy atom. The summed E-state index contributed by atoms with van der Waals surface area (Å²) in [5.41, 5.74) is 1.00. The summed E-state index contributed by atoms with van der Waals surface area (Å²) in [4.78, 5) is 51.6. The van der Waals surface area contributed by atoms with Crippen molar-refractivity contribution < 1.29 is 73.6 Å². The molecule has 16 heteroatoms. The van der Waals surface area contributed by atoms with Crippen LogP contribution in [0.15, 0.2) is 34.9 Å². The fourth-order valence-electron chi connectivity index (χ4n) is 23.0. The number of aliphatic hydroxyl groups excluding tert-OH is 6. The van der Waals surface area contributed by atoms with E-state index in [-0.39, 0.29) is 93.5 Å². The van der Waals surface area contributed by atoms with Gasteiger partial charge in [0.15, 0.2) is 14.6 Å². The highest BCUT2D eigenvalue weighted by Crippen LogP contribution is 2.74. The van der Waals surface area contributed by atoms with Gasteiger partial charge in [-0.3, -0.25) is 4.79 Å². The maximum atomic E-state index is 13.1. The molecule has 0 radical (unpaired) electrons. The molecule has 542 valence electrons. The Balaban J connectivity index is 0.000000186. The van der Waals surface area contributed by atoms with E-state index in [0.29, 0.717) is 79.6 Å². The first-order chi connectivity index (χ1) is 44.5. The van der Waals surface area contributed by atoms with Crippen LogP contribution in [0.2, 0.25) is 18.1 Å². The van der Waals surface area contributed by atoms with Crippen LogP contribution in [0.25, 0.3) is 0 Å². The minimum absolute atomic E-state index is 0.0139. The standard InChI is InChI=1S/C29H46O9.C28H50O3Si.C22H36O3/c1-15(2)20-10-18-12-28(14-30,29(20,13-18)27(34)35)21-11-22(31)16(3)19(21)8-6-7-9-37-26-24(33)23(32)25(36-5)17(4)38-26;1-19(2)23-14-21-16-27(23,7)28(17-21,18-30)24-15-25(31-32(8,9)26(4,5)6)20(3)22(24)12-10-11-13-29;1-14(2)18-9-16-11-21(18,4)22(12-16,13-24)19-10-20(25)15(3)17(19)7-5-6-8-23/h10,14-19,21-26,31-33H,6-9,11-13H2,1-5H3,(H,34,35);14,18-22,24-25,29H,10-13,15-17H2,1-9H3;9,13-17,19-20,23,25H,5-8,10-12H2,1-4H3/t16?,17?,18?,19?,21?,22?,23?,24?,25?,26?,28-,29+;20?,21?,22?,24?,25?,27-,28+;15?,16?,17?,19?,20?,21-,22+/m011/s1. The van der Waals surface area contributed by atoms with E-state index in [9.17, 15) is 49.8 Å². The Hall–Kier alpha value is -2.48. The van der Waals surface area contributed by atoms with Crippen molar-refractivity contribution in [1.29, 1.82) is 0 Å². The molecule has 6 saturated carbocycles. The summed E-state index contributed by atoms with van der Waals surface area (Å²) in [7, 11) is -0.432. The van der Waals surface area contributed by atoms with Crippen molar-refractivity contribution in [1.82, 2.24) is 0 Å². The molecule has 20 unspecified atom stereocenters. The number of aliphatic hydroxyl groups is 6. The Morgan fingerprint density at radius 1 is 0.600 bits per heavy atom. The number of methoxy groups -OCH3 is 1. The van der Waals surface area contributed by atoms with Gasteiger partial charge in [0.25, 0.3) is 0 Å². The molecule has 7 fully saturated rings. The number of aliphatic carboxylic acids is 1. The molecular weight excluding hydrogens is 1220 g/mol. The van der Waals surface area contributed by atoms with Crippen molar-refractivity contribution in [3.8, 4) is 0 Å². The highest BCUT2D eigenvalue weighted by Gasteiger charge is 2.73. The summed E-state index contributed by atoms with van der Waals surface area (Å²) < 4.78 is 23.7. The first-order valence-corrected chi connectivity index (χ1v) is 40.6. The maximum Gasteiger partial charge on any atom is 0.314 e. The normalized spacial score (nSPS) is 44.1. The van der Waals surface area contributed by atoms with E-state index in [1.807, 2.05) is 20.8 Å². The smallest absolute Gasteiger partial charge is 0.314 e. The van der Waals surface area contributed by atoms with Crippen molar-refractivity contribution in [3.63, 3.8) is 0 Å². The Labute approximate surface area is 573 Å². The van der Waals surface area contributed by atoms with Gasteiger partial charge in [-0.05, 0) is 210 Å². The lowest BCUT2D eigenvalue weighted by atomic mass is 9.52. The van der Waals surface area contributed by atoms with E-state index in [2.05, 4.69) is 107 Å². The van der Waals surface area contributed by atoms with E-state index in [1.54, 1.807) is 6.92 Å². The van der Waals surface area contributed by atoms with Crippen LogP contribution in [0, 0.1) is 121 Å². The number of hydrogen-bond acceptors (Lipinski definition) is 14. The predicted octanol–water partition coefficient (Wildman–Crippen LogP) is 13.5. The number of carbonyl (C=O) groups excluding carboxylic acids is 3. The Kier molecular flexibility index (Phi) is 24.9. The second-order valence-corrected chi connectivity index (χ2v) is 40.3. The summed E-state index contributed by atoms with van der Waals surface area (Å²) in [6.07, 6.45) is 21.1. The number of hydrogen-bond donors (Lipinski definition) is 7. The van der Waals surface area contributed by atoms with Crippen LogP contribution in [-0.4, -0.2) is 145 Å². The lowest BCUT2D eigenvalue weighted by Crippen LogP contribution is -2.58. The number of ether oxygens (including phenoxy) is 3. The second kappa shape index (κ2) is 30.2. The highest BCUT2D eigenvalue weighted by molar-refractivity contribution is 6.74. The number of fused-ring (bicyclic) bond motifs is 6. The van der Waals surface area contributed by atoms with Gasteiger partial charge in [-0.1, -0.05) is 151 Å². The summed E-state index contributed by atoms with van der Waals surface area (Å²) in [6.45, 7) is 38.6. The monoisotopic (exact) mass is 1350 g/mol. The van der Waals surface area contributed by atoms with Crippen molar-refractivity contribution in [2.24, 2.45) is 121 Å². The zero-order valence-corrected chi connectivity index (χ0v) is 63.0. The number of carboxylic acids is 1. The number of rotatable bonds is 27. The van der Waals surface area contributed by atoms with Crippen molar-refractivity contribution in [2.75, 3.05) is 26.9 Å². The minimum atomic E-state index is -1.89. The summed E-state index contributed by atoms with van der Waals surface area (Å²) in [5.74, 6) is 3.24.